The lowest BCUT2D eigenvalue weighted by atomic mass is 9.74. The molecule has 0 radical (unpaired) electrons. The second kappa shape index (κ2) is 8.22. The van der Waals surface area contributed by atoms with E-state index in [2.05, 4.69) is 57.0 Å². The van der Waals surface area contributed by atoms with Crippen molar-refractivity contribution in [2.24, 2.45) is 11.7 Å². The first kappa shape index (κ1) is 20.0. The number of hydrogen-bond donors (Lipinski definition) is 1. The van der Waals surface area contributed by atoms with Crippen molar-refractivity contribution < 1.29 is 4.74 Å². The Morgan fingerprint density at radius 2 is 1.76 bits per heavy atom. The lowest BCUT2D eigenvalue weighted by Crippen LogP contribution is -2.26. The minimum absolute atomic E-state index is 0.194. The molecule has 2 aliphatic rings. The monoisotopic (exact) mass is 510 g/mol. The second-order valence-corrected chi connectivity index (χ2v) is 9.21. The van der Waals surface area contributed by atoms with Crippen molar-refractivity contribution in [3.05, 3.63) is 97.0 Å². The Bertz CT molecular complexity index is 1110. The lowest BCUT2D eigenvalue weighted by molar-refractivity contribution is 0.268. The van der Waals surface area contributed by atoms with Gasteiger partial charge in [-0.3, -0.25) is 0 Å². The van der Waals surface area contributed by atoms with Crippen LogP contribution in [0.1, 0.15) is 36.8 Å². The summed E-state index contributed by atoms with van der Waals surface area (Å²) in [5.41, 5.74) is 11.1. The normalized spacial score (nSPS) is 22.9. The zero-order valence-corrected chi connectivity index (χ0v) is 19.1. The van der Waals surface area contributed by atoms with Crippen molar-refractivity contribution in [3.63, 3.8) is 0 Å². The Hall–Kier alpha value is -2.29. The van der Waals surface area contributed by atoms with Crippen LogP contribution in [0.15, 0.2) is 85.8 Å². The summed E-state index contributed by atoms with van der Waals surface area (Å²) in [6, 6.07) is 18.4. The molecule has 0 saturated heterocycles. The number of nitrogens with zero attached hydrogens (tertiary/aromatic N) is 1. The van der Waals surface area contributed by atoms with E-state index in [4.69, 9.17) is 10.5 Å². The van der Waals surface area contributed by atoms with E-state index in [9.17, 15) is 5.26 Å². The molecule has 0 fully saturated rings. The molecule has 0 bridgehead atoms. The molecular weight excluding hydrogens is 492 g/mol. The predicted molar refractivity (Wildman–Crippen MR) is 122 cm³/mol. The van der Waals surface area contributed by atoms with Crippen molar-refractivity contribution in [1.29, 1.82) is 5.26 Å². The van der Waals surface area contributed by atoms with E-state index in [1.54, 1.807) is 0 Å². The van der Waals surface area contributed by atoms with Crippen molar-refractivity contribution in [2.75, 3.05) is 0 Å². The summed E-state index contributed by atoms with van der Waals surface area (Å²) >= 11 is 7.29. The highest BCUT2D eigenvalue weighted by molar-refractivity contribution is 9.10. The fourth-order valence-electron chi connectivity index (χ4n) is 4.15. The zero-order chi connectivity index (χ0) is 20.5. The van der Waals surface area contributed by atoms with Gasteiger partial charge in [-0.2, -0.15) is 5.26 Å². The SMILES string of the molecule is C[C@@H]1CC2=C(OC(N)=C(C#N)[C@H]2c2ccccc2Br)/C(=C/c2ccccc2Br)C1. The van der Waals surface area contributed by atoms with Gasteiger partial charge in [-0.05, 0) is 59.2 Å². The average Bonchev–Trinajstić information content (AvgIpc) is 2.70. The van der Waals surface area contributed by atoms with Crippen LogP contribution in [0.2, 0.25) is 0 Å². The summed E-state index contributed by atoms with van der Waals surface area (Å²) in [4.78, 5) is 0. The second-order valence-electron chi connectivity index (χ2n) is 7.51. The minimum atomic E-state index is -0.204. The molecule has 1 heterocycles. The third-order valence-corrected chi connectivity index (χ3v) is 6.85. The summed E-state index contributed by atoms with van der Waals surface area (Å²) in [7, 11) is 0. The van der Waals surface area contributed by atoms with Gasteiger partial charge in [-0.15, -0.1) is 0 Å². The van der Waals surface area contributed by atoms with Gasteiger partial charge in [0.15, 0.2) is 0 Å². The largest absolute Gasteiger partial charge is 0.440 e. The number of halogens is 2. The van der Waals surface area contributed by atoms with E-state index in [1.165, 1.54) is 0 Å². The Morgan fingerprint density at radius 1 is 1.07 bits per heavy atom. The molecular formula is C24H20Br2N2O. The highest BCUT2D eigenvalue weighted by Gasteiger charge is 2.38. The van der Waals surface area contributed by atoms with Crippen LogP contribution in [0.3, 0.4) is 0 Å². The van der Waals surface area contributed by atoms with E-state index in [0.717, 1.165) is 49.8 Å². The fraction of sp³-hybridized carbons (Fsp3) is 0.208. The number of hydrogen-bond acceptors (Lipinski definition) is 3. The molecule has 2 N–H and O–H groups in total. The Balaban J connectivity index is 1.91. The number of nitriles is 1. The molecule has 0 aromatic heterocycles. The third kappa shape index (κ3) is 3.80. The molecule has 2 aromatic rings. The van der Waals surface area contributed by atoms with E-state index in [1.807, 2.05) is 42.5 Å². The summed E-state index contributed by atoms with van der Waals surface area (Å²) < 4.78 is 8.08. The molecule has 0 spiro atoms. The van der Waals surface area contributed by atoms with Gasteiger partial charge < -0.3 is 10.5 Å². The van der Waals surface area contributed by atoms with Crippen LogP contribution in [-0.2, 0) is 4.74 Å². The van der Waals surface area contributed by atoms with Gasteiger partial charge >= 0.3 is 0 Å². The molecule has 0 amide bonds. The number of allylic oxidation sites excluding steroid dienone is 3. The first-order valence-electron chi connectivity index (χ1n) is 9.50. The van der Waals surface area contributed by atoms with Crippen molar-refractivity contribution in [2.45, 2.75) is 25.7 Å². The molecule has 5 heteroatoms. The lowest BCUT2D eigenvalue weighted by Gasteiger charge is -2.36. The van der Waals surface area contributed by atoms with E-state index in [0.29, 0.717) is 11.5 Å². The van der Waals surface area contributed by atoms with Crippen LogP contribution in [0, 0.1) is 17.2 Å². The maximum absolute atomic E-state index is 9.85. The molecule has 0 unspecified atom stereocenters. The Kier molecular flexibility index (Phi) is 5.67. The van der Waals surface area contributed by atoms with Crippen LogP contribution >= 0.6 is 31.9 Å². The van der Waals surface area contributed by atoms with Crippen molar-refractivity contribution in [1.82, 2.24) is 0 Å². The van der Waals surface area contributed by atoms with Gasteiger partial charge in [-0.25, -0.2) is 0 Å². The van der Waals surface area contributed by atoms with Gasteiger partial charge in [0.2, 0.25) is 5.88 Å². The molecule has 146 valence electrons. The molecule has 3 nitrogen and oxygen atoms in total. The van der Waals surface area contributed by atoms with Crippen molar-refractivity contribution >= 4 is 37.9 Å². The molecule has 29 heavy (non-hydrogen) atoms. The summed E-state index contributed by atoms with van der Waals surface area (Å²) in [5.74, 6) is 1.25. The van der Waals surface area contributed by atoms with E-state index >= 15 is 0 Å². The van der Waals surface area contributed by atoms with Gasteiger partial charge in [0, 0.05) is 8.95 Å². The third-order valence-electron chi connectivity index (χ3n) is 5.41. The predicted octanol–water partition coefficient (Wildman–Crippen LogP) is 6.79. The summed E-state index contributed by atoms with van der Waals surface area (Å²) in [6.45, 7) is 2.24. The molecule has 0 saturated carbocycles. The maximum Gasteiger partial charge on any atom is 0.205 e. The van der Waals surface area contributed by atoms with Gasteiger partial charge in [0.25, 0.3) is 0 Å². The Labute approximate surface area is 187 Å². The summed E-state index contributed by atoms with van der Waals surface area (Å²) in [6.07, 6.45) is 3.93. The molecule has 2 atom stereocenters. The van der Waals surface area contributed by atoms with Crippen LogP contribution < -0.4 is 5.73 Å². The number of rotatable bonds is 2. The summed E-state index contributed by atoms with van der Waals surface area (Å²) in [5, 5.41) is 9.85. The molecule has 2 aromatic carbocycles. The molecule has 1 aliphatic heterocycles. The van der Waals surface area contributed by atoms with Gasteiger partial charge in [0.1, 0.15) is 17.4 Å². The number of benzene rings is 2. The number of nitrogens with two attached hydrogens (primary N) is 1. The maximum atomic E-state index is 9.85. The van der Waals surface area contributed by atoms with Crippen LogP contribution in [-0.4, -0.2) is 0 Å². The standard InChI is InChI=1S/C24H20Br2N2O/c1-14-10-16(12-15-6-2-4-8-20(15)25)23-18(11-14)22(19(13-27)24(28)29-23)17-7-3-5-9-21(17)26/h2-9,12,14,22H,10-11,28H2,1H3/b16-12+/t14-,22-/m0/s1. The fourth-order valence-corrected chi connectivity index (χ4v) is 5.07. The van der Waals surface area contributed by atoms with Crippen LogP contribution in [0.25, 0.3) is 6.08 Å². The smallest absolute Gasteiger partial charge is 0.205 e. The van der Waals surface area contributed by atoms with Gasteiger partial charge in [-0.1, -0.05) is 75.2 Å². The average molecular weight is 512 g/mol. The highest BCUT2D eigenvalue weighted by Crippen LogP contribution is 2.49. The quantitative estimate of drug-likeness (QED) is 0.483. The van der Waals surface area contributed by atoms with Crippen LogP contribution in [0.5, 0.6) is 0 Å². The number of ether oxygens (including phenoxy) is 1. The van der Waals surface area contributed by atoms with E-state index < -0.39 is 0 Å². The van der Waals surface area contributed by atoms with Gasteiger partial charge in [0.05, 0.1) is 5.92 Å². The minimum Gasteiger partial charge on any atom is -0.440 e. The molecule has 4 rings (SSSR count). The van der Waals surface area contributed by atoms with Crippen molar-refractivity contribution in [3.8, 4) is 6.07 Å². The highest BCUT2D eigenvalue weighted by atomic mass is 79.9. The first-order valence-corrected chi connectivity index (χ1v) is 11.1. The van der Waals surface area contributed by atoms with Crippen LogP contribution in [0.4, 0.5) is 0 Å². The topological polar surface area (TPSA) is 59.0 Å². The zero-order valence-electron chi connectivity index (χ0n) is 16.0. The van der Waals surface area contributed by atoms with E-state index in [-0.39, 0.29) is 11.8 Å². The Morgan fingerprint density at radius 3 is 2.45 bits per heavy atom. The molecule has 1 aliphatic carbocycles. The first-order chi connectivity index (χ1) is 14.0.